The van der Waals surface area contributed by atoms with E-state index in [2.05, 4.69) is 49.8 Å². The van der Waals surface area contributed by atoms with Crippen LogP contribution in [0.1, 0.15) is 5.56 Å². The maximum Gasteiger partial charge on any atom is 0.266 e. The molecule has 0 aliphatic heterocycles. The minimum atomic E-state index is -0.542. The van der Waals surface area contributed by atoms with E-state index in [1.54, 1.807) is 36.4 Å². The van der Waals surface area contributed by atoms with Gasteiger partial charge in [-0.15, -0.1) is 6.42 Å². The highest BCUT2D eigenvalue weighted by molar-refractivity contribution is 14.1. The summed E-state index contributed by atoms with van der Waals surface area (Å²) in [6.45, 7) is 0.146. The van der Waals surface area contributed by atoms with Gasteiger partial charge in [0, 0.05) is 0 Å². The SMILES string of the molecule is C#CCOc1c(Br)cc(/C=C(\C#N)C(=O)Nc2ccccc2Cl)cc1I. The number of ether oxygens (including phenoxy) is 1. The van der Waals surface area contributed by atoms with Crippen LogP contribution in [0.4, 0.5) is 5.69 Å². The minimum Gasteiger partial charge on any atom is -0.479 e. The lowest BCUT2D eigenvalue weighted by Crippen LogP contribution is -2.13. The largest absolute Gasteiger partial charge is 0.479 e. The average molecular weight is 542 g/mol. The number of para-hydroxylation sites is 1. The quantitative estimate of drug-likeness (QED) is 0.243. The number of terminal acetylenes is 1. The van der Waals surface area contributed by atoms with E-state index in [1.807, 2.05) is 6.07 Å². The Balaban J connectivity index is 2.28. The Morgan fingerprint density at radius 1 is 1.42 bits per heavy atom. The number of carbonyl (C=O) groups is 1. The van der Waals surface area contributed by atoms with Gasteiger partial charge in [-0.05, 0) is 74.4 Å². The van der Waals surface area contributed by atoms with Crippen molar-refractivity contribution in [2.24, 2.45) is 0 Å². The summed E-state index contributed by atoms with van der Waals surface area (Å²) in [4.78, 5) is 12.4. The molecule has 0 unspecified atom stereocenters. The van der Waals surface area contributed by atoms with Crippen molar-refractivity contribution in [3.63, 3.8) is 0 Å². The monoisotopic (exact) mass is 540 g/mol. The van der Waals surface area contributed by atoms with Crippen LogP contribution in [0.25, 0.3) is 6.08 Å². The third-order valence-electron chi connectivity index (χ3n) is 3.12. The van der Waals surface area contributed by atoms with Gasteiger partial charge in [-0.3, -0.25) is 4.79 Å². The lowest BCUT2D eigenvalue weighted by Gasteiger charge is -2.10. The van der Waals surface area contributed by atoms with E-state index in [-0.39, 0.29) is 12.2 Å². The zero-order valence-electron chi connectivity index (χ0n) is 13.2. The van der Waals surface area contributed by atoms with Crippen molar-refractivity contribution in [3.8, 4) is 24.2 Å². The molecule has 2 rings (SSSR count). The summed E-state index contributed by atoms with van der Waals surface area (Å²) in [5, 5.41) is 12.4. The van der Waals surface area contributed by atoms with Crippen molar-refractivity contribution in [1.29, 1.82) is 5.26 Å². The maximum atomic E-state index is 12.4. The number of nitrogens with one attached hydrogen (secondary N) is 1. The highest BCUT2D eigenvalue weighted by atomic mass is 127. The molecule has 0 heterocycles. The summed E-state index contributed by atoms with van der Waals surface area (Å²) < 4.78 is 6.94. The van der Waals surface area contributed by atoms with Crippen LogP contribution in [-0.2, 0) is 4.79 Å². The summed E-state index contributed by atoms with van der Waals surface area (Å²) in [6, 6.07) is 12.2. The lowest BCUT2D eigenvalue weighted by atomic mass is 10.1. The number of hydrogen-bond acceptors (Lipinski definition) is 3. The molecule has 26 heavy (non-hydrogen) atoms. The van der Waals surface area contributed by atoms with Gasteiger partial charge in [-0.1, -0.05) is 29.7 Å². The molecule has 0 aliphatic rings. The molecule has 0 saturated carbocycles. The molecule has 2 aromatic rings. The Bertz CT molecular complexity index is 938. The summed E-state index contributed by atoms with van der Waals surface area (Å²) in [6.07, 6.45) is 6.70. The molecular formula is C19H11BrClIN2O2. The van der Waals surface area contributed by atoms with Crippen LogP contribution in [0.5, 0.6) is 5.75 Å². The fourth-order valence-electron chi connectivity index (χ4n) is 1.98. The molecule has 130 valence electrons. The summed E-state index contributed by atoms with van der Waals surface area (Å²) in [5.41, 5.74) is 1.05. The second kappa shape index (κ2) is 9.63. The molecular weight excluding hydrogens is 530 g/mol. The van der Waals surface area contributed by atoms with Gasteiger partial charge in [0.1, 0.15) is 24.0 Å². The third-order valence-corrected chi connectivity index (χ3v) is 4.84. The molecule has 0 aliphatic carbocycles. The number of amides is 1. The normalized spacial score (nSPS) is 10.6. The number of halogens is 3. The zero-order chi connectivity index (χ0) is 19.1. The minimum absolute atomic E-state index is 0.0510. The fourth-order valence-corrected chi connectivity index (χ4v) is 3.93. The van der Waals surface area contributed by atoms with E-state index in [4.69, 9.17) is 22.8 Å². The molecule has 2 aromatic carbocycles. The number of nitriles is 1. The Morgan fingerprint density at radius 3 is 2.77 bits per heavy atom. The highest BCUT2D eigenvalue weighted by Gasteiger charge is 2.13. The molecule has 0 radical (unpaired) electrons. The first-order valence-corrected chi connectivity index (χ1v) is 9.44. The molecule has 0 saturated heterocycles. The predicted molar refractivity (Wildman–Crippen MR) is 115 cm³/mol. The standard InChI is InChI=1S/C19H11BrClIN2O2/c1-2-7-26-18-14(20)9-12(10-16(18)22)8-13(11-23)19(25)24-17-6-4-3-5-15(17)21/h1,3-6,8-10H,7H2,(H,24,25)/b13-8+. The van der Waals surface area contributed by atoms with Gasteiger partial charge in [0.05, 0.1) is 18.8 Å². The van der Waals surface area contributed by atoms with E-state index < -0.39 is 5.91 Å². The molecule has 1 amide bonds. The van der Waals surface area contributed by atoms with Gasteiger partial charge >= 0.3 is 0 Å². The van der Waals surface area contributed by atoms with Gasteiger partial charge in [0.25, 0.3) is 5.91 Å². The molecule has 7 heteroatoms. The summed E-state index contributed by atoms with van der Waals surface area (Å²) in [7, 11) is 0. The average Bonchev–Trinajstić information content (AvgIpc) is 2.61. The topological polar surface area (TPSA) is 62.1 Å². The van der Waals surface area contributed by atoms with Crippen LogP contribution in [0.2, 0.25) is 5.02 Å². The van der Waals surface area contributed by atoms with Crippen molar-refractivity contribution in [3.05, 3.63) is 60.6 Å². The number of benzene rings is 2. The molecule has 0 spiro atoms. The van der Waals surface area contributed by atoms with E-state index in [1.165, 1.54) is 6.08 Å². The Morgan fingerprint density at radius 2 is 2.15 bits per heavy atom. The van der Waals surface area contributed by atoms with Crippen LogP contribution >= 0.6 is 50.1 Å². The third kappa shape index (κ3) is 5.25. The molecule has 0 atom stereocenters. The van der Waals surface area contributed by atoms with Gasteiger partial charge in [-0.2, -0.15) is 5.26 Å². The molecule has 0 aromatic heterocycles. The highest BCUT2D eigenvalue weighted by Crippen LogP contribution is 2.32. The van der Waals surface area contributed by atoms with Crippen molar-refractivity contribution in [2.75, 3.05) is 11.9 Å². The van der Waals surface area contributed by atoms with Crippen molar-refractivity contribution >= 4 is 67.8 Å². The number of rotatable bonds is 5. The number of nitrogens with zero attached hydrogens (tertiary/aromatic N) is 1. The summed E-state index contributed by atoms with van der Waals surface area (Å²) in [5.74, 6) is 2.47. The number of carbonyl (C=O) groups excluding carboxylic acids is 1. The first kappa shape index (κ1) is 20.3. The van der Waals surface area contributed by atoms with Gasteiger partial charge < -0.3 is 10.1 Å². The smallest absolute Gasteiger partial charge is 0.266 e. The van der Waals surface area contributed by atoms with Crippen LogP contribution in [0.15, 0.2) is 46.4 Å². The maximum absolute atomic E-state index is 12.4. The van der Waals surface area contributed by atoms with Crippen LogP contribution in [0, 0.1) is 27.2 Å². The van der Waals surface area contributed by atoms with Crippen LogP contribution in [-0.4, -0.2) is 12.5 Å². The van der Waals surface area contributed by atoms with Crippen LogP contribution < -0.4 is 10.1 Å². The van der Waals surface area contributed by atoms with E-state index >= 15 is 0 Å². The Hall–Kier alpha value is -2.00. The Labute approximate surface area is 178 Å². The molecule has 4 nitrogen and oxygen atoms in total. The summed E-state index contributed by atoms with van der Waals surface area (Å²) >= 11 is 11.5. The molecule has 1 N–H and O–H groups in total. The van der Waals surface area contributed by atoms with E-state index in [9.17, 15) is 10.1 Å². The van der Waals surface area contributed by atoms with Crippen molar-refractivity contribution in [1.82, 2.24) is 0 Å². The second-order valence-electron chi connectivity index (χ2n) is 4.91. The fraction of sp³-hybridized carbons (Fsp3) is 0.0526. The Kier molecular flexibility index (Phi) is 7.52. The van der Waals surface area contributed by atoms with Gasteiger partial charge in [-0.25, -0.2) is 0 Å². The first-order valence-electron chi connectivity index (χ1n) is 7.19. The van der Waals surface area contributed by atoms with E-state index in [0.29, 0.717) is 26.5 Å². The van der Waals surface area contributed by atoms with Gasteiger partial charge in [0.2, 0.25) is 0 Å². The number of anilines is 1. The van der Waals surface area contributed by atoms with Crippen LogP contribution in [0.3, 0.4) is 0 Å². The van der Waals surface area contributed by atoms with Crippen molar-refractivity contribution in [2.45, 2.75) is 0 Å². The molecule has 0 bridgehead atoms. The number of hydrogen-bond donors (Lipinski definition) is 1. The second-order valence-corrected chi connectivity index (χ2v) is 7.33. The predicted octanol–water partition coefficient (Wildman–Crippen LogP) is 5.26. The van der Waals surface area contributed by atoms with Crippen molar-refractivity contribution < 1.29 is 9.53 Å². The zero-order valence-corrected chi connectivity index (χ0v) is 17.7. The molecule has 0 fully saturated rings. The first-order chi connectivity index (χ1) is 12.5. The van der Waals surface area contributed by atoms with E-state index in [0.717, 1.165) is 3.57 Å². The van der Waals surface area contributed by atoms with Gasteiger partial charge in [0.15, 0.2) is 0 Å². The lowest BCUT2D eigenvalue weighted by molar-refractivity contribution is -0.112.